The average Bonchev–Trinajstić information content (AvgIpc) is 3.73. The number of aliphatic hydroxyl groups is 1. The van der Waals surface area contributed by atoms with Crippen molar-refractivity contribution in [3.05, 3.63) is 48.6 Å². The van der Waals surface area contributed by atoms with Crippen molar-refractivity contribution in [2.24, 2.45) is 0 Å². The van der Waals surface area contributed by atoms with Crippen LogP contribution in [-0.4, -0.2) is 36.4 Å². The maximum Gasteiger partial charge on any atom is 0.306 e. The topological polar surface area (TPSA) is 72.8 Å². The highest BCUT2D eigenvalue weighted by Gasteiger charge is 2.16. The van der Waals surface area contributed by atoms with E-state index in [1.807, 2.05) is 0 Å². The monoisotopic (exact) mass is 1350 g/mol. The van der Waals surface area contributed by atoms with Crippen LogP contribution < -0.4 is 0 Å². The predicted octanol–water partition coefficient (Wildman–Crippen LogP) is 31.3. The second kappa shape index (κ2) is 87.1. The first-order chi connectivity index (χ1) is 47.6. The summed E-state index contributed by atoms with van der Waals surface area (Å²) >= 11 is 0. The van der Waals surface area contributed by atoms with Crippen LogP contribution in [0.2, 0.25) is 0 Å². The smallest absolute Gasteiger partial charge is 0.306 e. The molecular formula is C91H172O5. The fraction of sp³-hybridized carbons (Fsp3) is 0.890. The van der Waals surface area contributed by atoms with Gasteiger partial charge in [0.15, 0.2) is 6.10 Å². The molecule has 0 heterocycles. The van der Waals surface area contributed by atoms with Crippen LogP contribution in [0.4, 0.5) is 0 Å². The Labute approximate surface area is 602 Å². The Morgan fingerprint density at radius 3 is 0.615 bits per heavy atom. The van der Waals surface area contributed by atoms with E-state index in [4.69, 9.17) is 9.47 Å². The van der Waals surface area contributed by atoms with E-state index in [9.17, 15) is 14.7 Å². The van der Waals surface area contributed by atoms with Crippen molar-refractivity contribution in [1.29, 1.82) is 0 Å². The van der Waals surface area contributed by atoms with Gasteiger partial charge in [-0.15, -0.1) is 0 Å². The molecule has 0 aliphatic heterocycles. The van der Waals surface area contributed by atoms with Crippen molar-refractivity contribution in [2.75, 3.05) is 13.2 Å². The summed E-state index contributed by atoms with van der Waals surface area (Å²) in [5.41, 5.74) is 0. The molecule has 1 atom stereocenters. The summed E-state index contributed by atoms with van der Waals surface area (Å²) in [6, 6.07) is 0. The van der Waals surface area contributed by atoms with Crippen molar-refractivity contribution in [3.8, 4) is 0 Å². The van der Waals surface area contributed by atoms with Crippen LogP contribution in [0.3, 0.4) is 0 Å². The number of ether oxygens (including phenoxy) is 2. The number of hydrogen-bond acceptors (Lipinski definition) is 5. The molecule has 0 spiro atoms. The van der Waals surface area contributed by atoms with Gasteiger partial charge in [-0.2, -0.15) is 0 Å². The molecule has 0 aromatic carbocycles. The lowest BCUT2D eigenvalue weighted by Gasteiger charge is -2.15. The quantitative estimate of drug-likeness (QED) is 0.0373. The maximum absolute atomic E-state index is 12.4. The molecule has 0 saturated carbocycles. The Morgan fingerprint density at radius 2 is 0.417 bits per heavy atom. The Balaban J connectivity index is 3.34. The lowest BCUT2D eigenvalue weighted by molar-refractivity contribution is -0.161. The van der Waals surface area contributed by atoms with Gasteiger partial charge in [-0.3, -0.25) is 9.59 Å². The van der Waals surface area contributed by atoms with E-state index in [0.717, 1.165) is 44.9 Å². The molecule has 1 N–H and O–H groups in total. The zero-order valence-electron chi connectivity index (χ0n) is 65.4. The number of allylic oxidation sites excluding steroid dienone is 8. The first-order valence-corrected chi connectivity index (χ1v) is 44.2. The van der Waals surface area contributed by atoms with Gasteiger partial charge in [0.2, 0.25) is 0 Å². The Kier molecular flexibility index (Phi) is 85.1. The van der Waals surface area contributed by atoms with Crippen molar-refractivity contribution in [2.45, 2.75) is 508 Å². The molecule has 0 amide bonds. The zero-order chi connectivity index (χ0) is 69.0. The number of hydrogen-bond donors (Lipinski definition) is 1. The molecule has 0 fully saturated rings. The number of aliphatic hydroxyl groups excluding tert-OH is 1. The van der Waals surface area contributed by atoms with E-state index in [1.54, 1.807) is 0 Å². The fourth-order valence-corrected chi connectivity index (χ4v) is 14.0. The standard InChI is InChI=1S/C91H172O5/c1-3-5-7-9-11-13-15-17-19-21-23-25-27-29-31-33-35-37-39-41-43-45-47-49-51-53-55-57-59-61-63-65-67-69-71-73-75-77-79-81-83-85-90(93)95-88-89(87-92)96-91(94)86-84-82-80-78-76-74-72-70-68-66-64-62-60-58-56-54-52-50-48-46-44-42-40-38-36-34-32-30-28-26-24-22-20-18-16-14-12-10-8-6-4-2/h15-18,21-24,89,92H,3-14,19-20,25-88H2,1-2H3/b17-15-,18-16-,23-21-,24-22-. The lowest BCUT2D eigenvalue weighted by Crippen LogP contribution is -2.28. The number of esters is 2. The first-order valence-electron chi connectivity index (χ1n) is 44.2. The van der Waals surface area contributed by atoms with E-state index in [-0.39, 0.29) is 25.2 Å². The third-order valence-electron chi connectivity index (χ3n) is 20.6. The minimum absolute atomic E-state index is 0.0578. The van der Waals surface area contributed by atoms with Crippen molar-refractivity contribution in [3.63, 3.8) is 0 Å². The van der Waals surface area contributed by atoms with E-state index < -0.39 is 6.10 Å². The van der Waals surface area contributed by atoms with Crippen LogP contribution in [0.1, 0.15) is 502 Å². The van der Waals surface area contributed by atoms with Crippen LogP contribution in [0.5, 0.6) is 0 Å². The van der Waals surface area contributed by atoms with Gasteiger partial charge in [-0.1, -0.05) is 461 Å². The van der Waals surface area contributed by atoms with Gasteiger partial charge in [0.1, 0.15) is 6.61 Å². The molecule has 0 aliphatic carbocycles. The predicted molar refractivity (Wildman–Crippen MR) is 427 cm³/mol. The lowest BCUT2D eigenvalue weighted by atomic mass is 10.0. The van der Waals surface area contributed by atoms with E-state index in [0.29, 0.717) is 12.8 Å². The van der Waals surface area contributed by atoms with Gasteiger partial charge >= 0.3 is 11.9 Å². The highest BCUT2D eigenvalue weighted by atomic mass is 16.6. The Hall–Kier alpha value is -2.14. The van der Waals surface area contributed by atoms with Gasteiger partial charge in [0.25, 0.3) is 0 Å². The van der Waals surface area contributed by atoms with Crippen LogP contribution in [-0.2, 0) is 19.1 Å². The summed E-state index contributed by atoms with van der Waals surface area (Å²) in [5, 5.41) is 9.75. The van der Waals surface area contributed by atoms with E-state index >= 15 is 0 Å². The average molecular weight is 1350 g/mol. The van der Waals surface area contributed by atoms with Gasteiger partial charge in [-0.05, 0) is 77.0 Å². The minimum atomic E-state index is -0.770. The van der Waals surface area contributed by atoms with Crippen molar-refractivity contribution in [1.82, 2.24) is 0 Å². The molecule has 0 radical (unpaired) electrons. The normalized spacial score (nSPS) is 12.3. The Bertz CT molecular complexity index is 1580. The molecule has 0 aliphatic rings. The molecule has 5 nitrogen and oxygen atoms in total. The second-order valence-electron chi connectivity index (χ2n) is 30.3. The van der Waals surface area contributed by atoms with Crippen LogP contribution in [0.25, 0.3) is 0 Å². The summed E-state index contributed by atoms with van der Waals surface area (Å²) in [7, 11) is 0. The number of unbranched alkanes of at least 4 members (excludes halogenated alkanes) is 68. The Morgan fingerprint density at radius 1 is 0.240 bits per heavy atom. The summed E-state index contributed by atoms with van der Waals surface area (Å²) < 4.78 is 10.8. The molecular weight excluding hydrogens is 1170 g/mol. The largest absolute Gasteiger partial charge is 0.462 e. The first kappa shape index (κ1) is 93.9. The molecule has 566 valence electrons. The molecule has 5 heteroatoms. The molecule has 96 heavy (non-hydrogen) atoms. The second-order valence-corrected chi connectivity index (χ2v) is 30.3. The fourth-order valence-electron chi connectivity index (χ4n) is 14.0. The third kappa shape index (κ3) is 84.3. The van der Waals surface area contributed by atoms with Gasteiger partial charge in [0.05, 0.1) is 6.61 Å². The van der Waals surface area contributed by atoms with E-state index in [1.165, 1.54) is 430 Å². The molecule has 0 bridgehead atoms. The van der Waals surface area contributed by atoms with Gasteiger partial charge in [0, 0.05) is 12.8 Å². The van der Waals surface area contributed by atoms with Crippen LogP contribution in [0.15, 0.2) is 48.6 Å². The zero-order valence-corrected chi connectivity index (χ0v) is 65.4. The third-order valence-corrected chi connectivity index (χ3v) is 20.6. The number of carbonyl (C=O) groups excluding carboxylic acids is 2. The summed E-state index contributed by atoms with van der Waals surface area (Å²) in [6.45, 7) is 4.19. The number of carbonyl (C=O) groups is 2. The number of rotatable bonds is 84. The highest BCUT2D eigenvalue weighted by Crippen LogP contribution is 2.21. The molecule has 0 rings (SSSR count). The SMILES string of the molecule is CCCCCCC/C=C\C/C=C\CCCCCCCCCCCCCCCCCCCCCCCCCCCCCCCC(=O)OCC(CO)OC(=O)CCCCCCCCCCCCCCCCCCCCCCCCCCCCCCC/C=C\C/C=C\CCCCCCC. The van der Waals surface area contributed by atoms with Crippen LogP contribution in [0, 0.1) is 0 Å². The molecule has 1 unspecified atom stereocenters. The van der Waals surface area contributed by atoms with Crippen molar-refractivity contribution >= 4 is 11.9 Å². The molecule has 0 saturated heterocycles. The summed E-state index contributed by atoms with van der Waals surface area (Å²) in [4.78, 5) is 24.8. The van der Waals surface area contributed by atoms with Crippen LogP contribution >= 0.6 is 0 Å². The van der Waals surface area contributed by atoms with Gasteiger partial charge < -0.3 is 14.6 Å². The van der Waals surface area contributed by atoms with E-state index in [2.05, 4.69) is 62.5 Å². The molecule has 0 aromatic rings. The minimum Gasteiger partial charge on any atom is -0.462 e. The maximum atomic E-state index is 12.4. The highest BCUT2D eigenvalue weighted by molar-refractivity contribution is 5.70. The summed E-state index contributed by atoms with van der Waals surface area (Å²) in [6.07, 6.45) is 120. The van der Waals surface area contributed by atoms with Crippen molar-refractivity contribution < 1.29 is 24.2 Å². The summed E-state index contributed by atoms with van der Waals surface area (Å²) in [5.74, 6) is -0.559. The van der Waals surface area contributed by atoms with Gasteiger partial charge in [-0.25, -0.2) is 0 Å². The molecule has 0 aromatic heterocycles.